The predicted molar refractivity (Wildman–Crippen MR) is 103 cm³/mol. The summed E-state index contributed by atoms with van der Waals surface area (Å²) in [5, 5.41) is 0.426. The normalized spacial score (nSPS) is 17.1. The molecule has 2 aromatic rings. The molecule has 0 bridgehead atoms. The van der Waals surface area contributed by atoms with Gasteiger partial charge in [-0.2, -0.15) is 0 Å². The van der Waals surface area contributed by atoms with E-state index in [1.165, 1.54) is 21.8 Å². The number of rotatable bonds is 4. The number of carbonyl (C=O) groups excluding carboxylic acids is 2. The van der Waals surface area contributed by atoms with E-state index < -0.39 is 12.0 Å². The summed E-state index contributed by atoms with van der Waals surface area (Å²) in [5.41, 5.74) is 6.12. The van der Waals surface area contributed by atoms with Crippen LogP contribution in [0.2, 0.25) is 5.02 Å². The van der Waals surface area contributed by atoms with Gasteiger partial charge in [0.2, 0.25) is 0 Å². The van der Waals surface area contributed by atoms with E-state index in [-0.39, 0.29) is 5.91 Å². The fraction of sp³-hybridized carbons (Fsp3) is 0.368. The molecule has 0 fully saturated rings. The Labute approximate surface area is 161 Å². The number of hydrogen-bond acceptors (Lipinski definition) is 4. The van der Waals surface area contributed by atoms with Crippen molar-refractivity contribution < 1.29 is 14.3 Å². The molecule has 1 aliphatic carbocycles. The molecule has 26 heavy (non-hydrogen) atoms. The minimum absolute atomic E-state index is 0.310. The van der Waals surface area contributed by atoms with Gasteiger partial charge in [0.15, 0.2) is 6.10 Å². The molecule has 1 aromatic heterocycles. The van der Waals surface area contributed by atoms with E-state index in [1.54, 1.807) is 31.2 Å². The summed E-state index contributed by atoms with van der Waals surface area (Å²) in [7, 11) is 0. The largest absolute Gasteiger partial charge is 0.479 e. The number of para-hydroxylation sites is 1. The van der Waals surface area contributed by atoms with Gasteiger partial charge in [-0.3, -0.25) is 20.4 Å². The minimum atomic E-state index is -0.799. The van der Waals surface area contributed by atoms with Crippen molar-refractivity contribution in [1.29, 1.82) is 0 Å². The fourth-order valence-electron chi connectivity index (χ4n) is 2.88. The van der Waals surface area contributed by atoms with Crippen LogP contribution in [0.5, 0.6) is 5.75 Å². The average Bonchev–Trinajstić information content (AvgIpc) is 3.04. The van der Waals surface area contributed by atoms with Crippen molar-refractivity contribution in [3.8, 4) is 5.75 Å². The molecule has 2 amide bonds. The van der Waals surface area contributed by atoms with Crippen molar-refractivity contribution in [2.75, 3.05) is 0 Å². The molecule has 2 unspecified atom stereocenters. The molecule has 3 rings (SSSR count). The summed E-state index contributed by atoms with van der Waals surface area (Å²) in [6.45, 7) is 3.82. The van der Waals surface area contributed by atoms with Crippen molar-refractivity contribution >= 4 is 34.8 Å². The zero-order chi connectivity index (χ0) is 18.7. The Hall–Kier alpha value is -2.05. The molecular formula is C19H21ClN2O3S. The van der Waals surface area contributed by atoms with Crippen LogP contribution < -0.4 is 15.6 Å². The Kier molecular flexibility index (Phi) is 5.84. The second-order valence-electron chi connectivity index (χ2n) is 6.54. The molecule has 7 heteroatoms. The number of ether oxygens (including phenoxy) is 1. The Bertz CT molecular complexity index is 821. The summed E-state index contributed by atoms with van der Waals surface area (Å²) in [6, 6.07) is 8.85. The van der Waals surface area contributed by atoms with Crippen LogP contribution in [-0.2, 0) is 17.6 Å². The van der Waals surface area contributed by atoms with E-state index in [4.69, 9.17) is 16.3 Å². The van der Waals surface area contributed by atoms with E-state index in [2.05, 4.69) is 17.8 Å². The molecule has 0 spiro atoms. The molecule has 2 atom stereocenters. The van der Waals surface area contributed by atoms with Gasteiger partial charge < -0.3 is 4.74 Å². The zero-order valence-electron chi connectivity index (χ0n) is 14.7. The fourth-order valence-corrected chi connectivity index (χ4v) is 4.17. The van der Waals surface area contributed by atoms with Crippen LogP contribution in [-0.4, -0.2) is 17.9 Å². The standard InChI is InChI=1S/C19H21ClN2O3S/c1-11-7-8-16-13(9-11)10-17(26-16)19(24)22-21-18(23)12(2)25-15-6-4-3-5-14(15)20/h3-6,10-12H,7-9H2,1-2H3,(H,21,23)(H,22,24). The van der Waals surface area contributed by atoms with Crippen molar-refractivity contribution in [3.63, 3.8) is 0 Å². The highest BCUT2D eigenvalue weighted by molar-refractivity contribution is 7.14. The molecule has 5 nitrogen and oxygen atoms in total. The van der Waals surface area contributed by atoms with Gasteiger partial charge >= 0.3 is 0 Å². The third-order valence-corrected chi connectivity index (χ3v) is 5.91. The van der Waals surface area contributed by atoms with Crippen molar-refractivity contribution in [1.82, 2.24) is 10.9 Å². The average molecular weight is 393 g/mol. The molecule has 0 saturated heterocycles. The Morgan fingerprint density at radius 3 is 2.85 bits per heavy atom. The number of fused-ring (bicyclic) bond motifs is 1. The number of hydrazine groups is 1. The maximum atomic E-state index is 12.3. The summed E-state index contributed by atoms with van der Waals surface area (Å²) >= 11 is 7.51. The van der Waals surface area contributed by atoms with Crippen LogP contribution in [0, 0.1) is 5.92 Å². The lowest BCUT2D eigenvalue weighted by Gasteiger charge is -2.16. The summed E-state index contributed by atoms with van der Waals surface area (Å²) < 4.78 is 5.53. The smallest absolute Gasteiger partial charge is 0.279 e. The first-order valence-corrected chi connectivity index (χ1v) is 9.76. The molecule has 0 aliphatic heterocycles. The van der Waals surface area contributed by atoms with E-state index >= 15 is 0 Å². The van der Waals surface area contributed by atoms with Crippen molar-refractivity contribution in [2.24, 2.45) is 5.92 Å². The van der Waals surface area contributed by atoms with Crippen LogP contribution >= 0.6 is 22.9 Å². The SMILES string of the molecule is CC1CCc2sc(C(=O)NNC(=O)C(C)Oc3ccccc3Cl)cc2C1. The molecule has 1 heterocycles. The van der Waals surface area contributed by atoms with Gasteiger partial charge in [-0.1, -0.05) is 30.7 Å². The van der Waals surface area contributed by atoms with Gasteiger partial charge in [0.05, 0.1) is 9.90 Å². The highest BCUT2D eigenvalue weighted by Gasteiger charge is 2.22. The molecule has 2 N–H and O–H groups in total. The first-order chi connectivity index (χ1) is 12.4. The number of thiophene rings is 1. The van der Waals surface area contributed by atoms with E-state index in [0.717, 1.165) is 19.3 Å². The van der Waals surface area contributed by atoms with Crippen LogP contribution in [0.15, 0.2) is 30.3 Å². The van der Waals surface area contributed by atoms with Gasteiger partial charge in [-0.15, -0.1) is 11.3 Å². The highest BCUT2D eigenvalue weighted by atomic mass is 35.5. The molecule has 138 valence electrons. The quantitative estimate of drug-likeness (QED) is 0.778. The molecule has 1 aromatic carbocycles. The molecular weight excluding hydrogens is 372 g/mol. The second kappa shape index (κ2) is 8.10. The number of hydrogen-bond donors (Lipinski definition) is 2. The molecule has 0 saturated carbocycles. The van der Waals surface area contributed by atoms with Crippen LogP contribution in [0.1, 0.15) is 40.4 Å². The monoisotopic (exact) mass is 392 g/mol. The summed E-state index contributed by atoms with van der Waals surface area (Å²) in [5.74, 6) is 0.308. The maximum Gasteiger partial charge on any atom is 0.279 e. The third-order valence-electron chi connectivity index (χ3n) is 4.36. The van der Waals surface area contributed by atoms with Crippen LogP contribution in [0.3, 0.4) is 0 Å². The minimum Gasteiger partial charge on any atom is -0.479 e. The number of carbonyl (C=O) groups is 2. The molecule has 0 radical (unpaired) electrons. The predicted octanol–water partition coefficient (Wildman–Crippen LogP) is 3.75. The van der Waals surface area contributed by atoms with E-state index in [0.29, 0.717) is 21.6 Å². The van der Waals surface area contributed by atoms with Gasteiger partial charge in [-0.25, -0.2) is 0 Å². The van der Waals surface area contributed by atoms with E-state index in [9.17, 15) is 9.59 Å². The lowest BCUT2D eigenvalue weighted by atomic mass is 9.90. The van der Waals surface area contributed by atoms with Gasteiger partial charge in [0.1, 0.15) is 5.75 Å². The Morgan fingerprint density at radius 1 is 1.31 bits per heavy atom. The topological polar surface area (TPSA) is 67.4 Å². The molecule has 1 aliphatic rings. The number of aryl methyl sites for hydroxylation is 1. The van der Waals surface area contributed by atoms with Gasteiger partial charge in [0, 0.05) is 4.88 Å². The van der Waals surface area contributed by atoms with Crippen LogP contribution in [0.4, 0.5) is 0 Å². The van der Waals surface area contributed by atoms with Crippen molar-refractivity contribution in [3.05, 3.63) is 50.7 Å². The van der Waals surface area contributed by atoms with E-state index in [1.807, 2.05) is 6.07 Å². The summed E-state index contributed by atoms with van der Waals surface area (Å²) in [6.07, 6.45) is 2.38. The number of amides is 2. The van der Waals surface area contributed by atoms with Crippen molar-refractivity contribution in [2.45, 2.75) is 39.2 Å². The first kappa shape index (κ1) is 18.7. The third kappa shape index (κ3) is 4.37. The Balaban J connectivity index is 1.54. The lowest BCUT2D eigenvalue weighted by Crippen LogP contribution is -2.47. The maximum absolute atomic E-state index is 12.3. The highest BCUT2D eigenvalue weighted by Crippen LogP contribution is 2.32. The summed E-state index contributed by atoms with van der Waals surface area (Å²) in [4.78, 5) is 26.3. The lowest BCUT2D eigenvalue weighted by molar-refractivity contribution is -0.128. The second-order valence-corrected chi connectivity index (χ2v) is 8.08. The Morgan fingerprint density at radius 2 is 2.08 bits per heavy atom. The first-order valence-electron chi connectivity index (χ1n) is 8.57. The zero-order valence-corrected chi connectivity index (χ0v) is 16.2. The number of nitrogens with one attached hydrogen (secondary N) is 2. The van der Waals surface area contributed by atoms with Gasteiger partial charge in [0.25, 0.3) is 11.8 Å². The number of halogens is 1. The number of benzene rings is 1. The van der Waals surface area contributed by atoms with Gasteiger partial charge in [-0.05, 0) is 55.9 Å². The van der Waals surface area contributed by atoms with Crippen LogP contribution in [0.25, 0.3) is 0 Å².